The summed E-state index contributed by atoms with van der Waals surface area (Å²) in [5, 5.41) is 2.42. The van der Waals surface area contributed by atoms with Crippen LogP contribution in [0.5, 0.6) is 0 Å². The average molecular weight is 354 g/mol. The van der Waals surface area contributed by atoms with Gasteiger partial charge in [-0.15, -0.1) is 0 Å². The second-order valence-corrected chi connectivity index (χ2v) is 12.0. The molecular formula is C21H27NO2Si. The highest BCUT2D eigenvalue weighted by Crippen LogP contribution is 2.38. The van der Waals surface area contributed by atoms with E-state index < -0.39 is 8.32 Å². The maximum Gasteiger partial charge on any atom is 0.263 e. The zero-order chi connectivity index (χ0) is 18.1. The maximum atomic E-state index is 11.9. The molecule has 1 amide bonds. The smallest absolute Gasteiger partial charge is 0.263 e. The van der Waals surface area contributed by atoms with E-state index in [-0.39, 0.29) is 17.2 Å². The molecule has 3 rings (SSSR count). The quantitative estimate of drug-likeness (QED) is 0.610. The molecule has 0 saturated carbocycles. The van der Waals surface area contributed by atoms with Crippen LogP contribution in [0.1, 0.15) is 34.1 Å². The van der Waals surface area contributed by atoms with Gasteiger partial charge in [0.05, 0.1) is 0 Å². The molecule has 0 spiro atoms. The molecule has 2 aromatic carbocycles. The van der Waals surface area contributed by atoms with E-state index in [2.05, 4.69) is 69.3 Å². The minimum atomic E-state index is -2.58. The molecule has 0 N–H and O–H groups in total. The molecule has 1 fully saturated rings. The average Bonchev–Trinajstić information content (AvgIpc) is 2.58. The Morgan fingerprint density at radius 1 is 0.960 bits per heavy atom. The fourth-order valence-electron chi connectivity index (χ4n) is 3.73. The SMILES string of the molecule is CC(O[Si](c1ccccc1)(c1ccccc1)C(C)(C)C)N1CCC1=O. The van der Waals surface area contributed by atoms with Gasteiger partial charge in [0.25, 0.3) is 8.32 Å². The second kappa shape index (κ2) is 6.77. The number of rotatable bonds is 5. The predicted molar refractivity (Wildman–Crippen MR) is 104 cm³/mol. The van der Waals surface area contributed by atoms with Gasteiger partial charge < -0.3 is 9.33 Å². The lowest BCUT2D eigenvalue weighted by Crippen LogP contribution is -2.69. The number of amides is 1. The Labute approximate surface area is 151 Å². The third kappa shape index (κ3) is 3.16. The van der Waals surface area contributed by atoms with E-state index >= 15 is 0 Å². The summed E-state index contributed by atoms with van der Waals surface area (Å²) in [5.41, 5.74) is 0. The van der Waals surface area contributed by atoms with Crippen LogP contribution in [0.4, 0.5) is 0 Å². The Morgan fingerprint density at radius 3 is 1.76 bits per heavy atom. The number of carbonyl (C=O) groups is 1. The number of carbonyl (C=O) groups excluding carboxylic acids is 1. The summed E-state index contributed by atoms with van der Waals surface area (Å²) in [6.45, 7) is 9.56. The molecule has 3 nitrogen and oxygen atoms in total. The minimum Gasteiger partial charge on any atom is -0.388 e. The number of β-lactam (4-membered cyclic amide) rings is 1. The van der Waals surface area contributed by atoms with Crippen LogP contribution in [0.2, 0.25) is 5.04 Å². The van der Waals surface area contributed by atoms with Crippen molar-refractivity contribution in [3.8, 4) is 0 Å². The predicted octanol–water partition coefficient (Wildman–Crippen LogP) is 3.14. The molecule has 0 radical (unpaired) electrons. The summed E-state index contributed by atoms with van der Waals surface area (Å²) < 4.78 is 6.89. The van der Waals surface area contributed by atoms with E-state index in [0.717, 1.165) is 6.54 Å². The Morgan fingerprint density at radius 2 is 1.44 bits per heavy atom. The molecule has 0 aliphatic carbocycles. The molecular weight excluding hydrogens is 326 g/mol. The zero-order valence-corrected chi connectivity index (χ0v) is 16.5. The Kier molecular flexibility index (Phi) is 4.85. The first-order valence-electron chi connectivity index (χ1n) is 8.94. The highest BCUT2D eigenvalue weighted by Gasteiger charge is 2.52. The molecule has 4 heteroatoms. The lowest BCUT2D eigenvalue weighted by Gasteiger charge is -2.47. The Hall–Kier alpha value is -1.91. The molecule has 1 heterocycles. The van der Waals surface area contributed by atoms with Crippen molar-refractivity contribution in [3.05, 3.63) is 60.7 Å². The van der Waals surface area contributed by atoms with Gasteiger partial charge in [-0.05, 0) is 22.3 Å². The van der Waals surface area contributed by atoms with Crippen molar-refractivity contribution in [2.45, 2.75) is 45.4 Å². The van der Waals surface area contributed by atoms with Crippen LogP contribution < -0.4 is 10.4 Å². The van der Waals surface area contributed by atoms with Gasteiger partial charge in [-0.3, -0.25) is 4.79 Å². The molecule has 132 valence electrons. The summed E-state index contributed by atoms with van der Waals surface area (Å²) in [6.07, 6.45) is 0.418. The fourth-order valence-corrected chi connectivity index (χ4v) is 8.38. The second-order valence-electron chi connectivity index (χ2n) is 7.72. The molecule has 0 bridgehead atoms. The van der Waals surface area contributed by atoms with Crippen LogP contribution in [0.15, 0.2) is 60.7 Å². The van der Waals surface area contributed by atoms with Crippen LogP contribution in [0, 0.1) is 0 Å². The van der Waals surface area contributed by atoms with Crippen molar-refractivity contribution in [2.75, 3.05) is 6.54 Å². The fraction of sp³-hybridized carbons (Fsp3) is 0.381. The van der Waals surface area contributed by atoms with Gasteiger partial charge >= 0.3 is 0 Å². The van der Waals surface area contributed by atoms with Crippen LogP contribution >= 0.6 is 0 Å². The molecule has 25 heavy (non-hydrogen) atoms. The molecule has 0 aromatic heterocycles. The van der Waals surface area contributed by atoms with Gasteiger partial charge in [-0.25, -0.2) is 0 Å². The summed E-state index contributed by atoms with van der Waals surface area (Å²) in [7, 11) is -2.58. The van der Waals surface area contributed by atoms with Crippen molar-refractivity contribution in [3.63, 3.8) is 0 Å². The van der Waals surface area contributed by atoms with Crippen LogP contribution in [-0.2, 0) is 9.22 Å². The highest BCUT2D eigenvalue weighted by molar-refractivity contribution is 6.99. The normalized spacial score (nSPS) is 16.5. The van der Waals surface area contributed by atoms with E-state index in [4.69, 9.17) is 4.43 Å². The number of nitrogens with zero attached hydrogens (tertiary/aromatic N) is 1. The number of benzene rings is 2. The maximum absolute atomic E-state index is 11.9. The van der Waals surface area contributed by atoms with Gasteiger partial charge in [-0.2, -0.15) is 0 Å². The minimum absolute atomic E-state index is 0.0715. The first-order chi connectivity index (χ1) is 11.9. The molecule has 1 atom stereocenters. The number of likely N-dealkylation sites (tertiary alicyclic amines) is 1. The summed E-state index contributed by atoms with van der Waals surface area (Å²) in [4.78, 5) is 13.8. The lowest BCUT2D eigenvalue weighted by atomic mass is 10.2. The van der Waals surface area contributed by atoms with E-state index in [1.807, 2.05) is 24.0 Å². The number of hydrogen-bond donors (Lipinski definition) is 0. The molecule has 1 saturated heterocycles. The Bertz CT molecular complexity index is 685. The van der Waals surface area contributed by atoms with Crippen molar-refractivity contribution in [2.24, 2.45) is 0 Å². The molecule has 1 aliphatic rings. The number of hydrogen-bond acceptors (Lipinski definition) is 2. The van der Waals surface area contributed by atoms with E-state index in [1.165, 1.54) is 10.4 Å². The first kappa shape index (κ1) is 17.9. The van der Waals surface area contributed by atoms with Gasteiger partial charge in [0, 0.05) is 13.0 Å². The third-order valence-corrected chi connectivity index (χ3v) is 10.2. The van der Waals surface area contributed by atoms with Gasteiger partial charge in [-0.1, -0.05) is 81.4 Å². The summed E-state index contributed by atoms with van der Waals surface area (Å²) in [6, 6.07) is 21.1. The molecule has 1 unspecified atom stereocenters. The summed E-state index contributed by atoms with van der Waals surface area (Å²) >= 11 is 0. The van der Waals surface area contributed by atoms with Gasteiger partial charge in [0.2, 0.25) is 5.91 Å². The standard InChI is InChI=1S/C21H27NO2Si/c1-17(22-16-15-20(22)23)24-25(21(2,3)4,18-11-7-5-8-12-18)19-13-9-6-10-14-19/h5-14,17H,15-16H2,1-4H3. The van der Waals surface area contributed by atoms with E-state index in [1.54, 1.807) is 0 Å². The third-order valence-electron chi connectivity index (χ3n) is 5.09. The first-order valence-corrected chi connectivity index (χ1v) is 10.9. The summed E-state index contributed by atoms with van der Waals surface area (Å²) in [5.74, 6) is 0.186. The zero-order valence-electron chi connectivity index (χ0n) is 15.5. The highest BCUT2D eigenvalue weighted by atomic mass is 28.4. The van der Waals surface area contributed by atoms with E-state index in [0.29, 0.717) is 6.42 Å². The largest absolute Gasteiger partial charge is 0.388 e. The van der Waals surface area contributed by atoms with Crippen molar-refractivity contribution in [1.29, 1.82) is 0 Å². The van der Waals surface area contributed by atoms with Crippen LogP contribution in [0.25, 0.3) is 0 Å². The van der Waals surface area contributed by atoms with Crippen molar-refractivity contribution >= 4 is 24.6 Å². The van der Waals surface area contributed by atoms with Gasteiger partial charge in [0.15, 0.2) is 0 Å². The van der Waals surface area contributed by atoms with Crippen LogP contribution in [-0.4, -0.2) is 31.9 Å². The molecule has 1 aliphatic heterocycles. The van der Waals surface area contributed by atoms with Crippen molar-refractivity contribution in [1.82, 2.24) is 4.90 Å². The van der Waals surface area contributed by atoms with Crippen LogP contribution in [0.3, 0.4) is 0 Å². The molecule has 2 aromatic rings. The van der Waals surface area contributed by atoms with E-state index in [9.17, 15) is 4.79 Å². The van der Waals surface area contributed by atoms with Gasteiger partial charge in [0.1, 0.15) is 6.23 Å². The lowest BCUT2D eigenvalue weighted by molar-refractivity contribution is -0.150. The van der Waals surface area contributed by atoms with Crippen molar-refractivity contribution < 1.29 is 9.22 Å². The monoisotopic (exact) mass is 353 g/mol. The Balaban J connectivity index is 2.13. The topological polar surface area (TPSA) is 29.5 Å².